The Bertz CT molecular complexity index is 955. The lowest BCUT2D eigenvalue weighted by atomic mass is 10.2. The molecule has 2 aromatic carbocycles. The van der Waals surface area contributed by atoms with Crippen molar-refractivity contribution in [1.82, 2.24) is 4.31 Å². The zero-order valence-electron chi connectivity index (χ0n) is 16.0. The van der Waals surface area contributed by atoms with Crippen LogP contribution in [0.15, 0.2) is 47.4 Å². The number of hydrogen-bond donors (Lipinski definition) is 0. The number of benzene rings is 2. The van der Waals surface area contributed by atoms with E-state index in [9.17, 15) is 13.2 Å². The Morgan fingerprint density at radius 3 is 2.41 bits per heavy atom. The van der Waals surface area contributed by atoms with Gasteiger partial charge in [-0.3, -0.25) is 0 Å². The van der Waals surface area contributed by atoms with Gasteiger partial charge >= 0.3 is 5.97 Å². The van der Waals surface area contributed by atoms with Crippen LogP contribution in [0.3, 0.4) is 0 Å². The lowest BCUT2D eigenvalue weighted by Crippen LogP contribution is -2.28. The molecular formula is C20H22ClNO6S. The van der Waals surface area contributed by atoms with Crippen LogP contribution in [0, 0.1) is 0 Å². The number of carbonyl (C=O) groups is 1. The maximum atomic E-state index is 12.9. The monoisotopic (exact) mass is 439 g/mol. The number of rotatable bonds is 8. The Morgan fingerprint density at radius 2 is 1.76 bits per heavy atom. The van der Waals surface area contributed by atoms with E-state index in [1.165, 1.54) is 29.6 Å². The van der Waals surface area contributed by atoms with Crippen molar-refractivity contribution in [2.45, 2.75) is 17.7 Å². The van der Waals surface area contributed by atoms with E-state index in [-0.39, 0.29) is 29.4 Å². The first kappa shape index (κ1) is 21.4. The van der Waals surface area contributed by atoms with Gasteiger partial charge in [0.2, 0.25) is 10.0 Å². The first-order valence-electron chi connectivity index (χ1n) is 9.15. The molecule has 0 atom stereocenters. The van der Waals surface area contributed by atoms with Gasteiger partial charge in [0.25, 0.3) is 0 Å². The fourth-order valence-corrected chi connectivity index (χ4v) is 4.81. The molecule has 0 aromatic heterocycles. The molecule has 156 valence electrons. The van der Waals surface area contributed by atoms with Crippen molar-refractivity contribution in [1.29, 1.82) is 0 Å². The van der Waals surface area contributed by atoms with Crippen molar-refractivity contribution < 1.29 is 27.4 Å². The van der Waals surface area contributed by atoms with Crippen LogP contribution < -0.4 is 9.47 Å². The second-order valence-electron chi connectivity index (χ2n) is 6.42. The Kier molecular flexibility index (Phi) is 7.00. The Morgan fingerprint density at radius 1 is 1.07 bits per heavy atom. The minimum absolute atomic E-state index is 0.0156. The predicted octanol–water partition coefficient (Wildman–Crippen LogP) is 3.37. The van der Waals surface area contributed by atoms with Crippen LogP contribution >= 0.6 is 11.6 Å². The van der Waals surface area contributed by atoms with E-state index >= 15 is 0 Å². The topological polar surface area (TPSA) is 82.1 Å². The molecule has 7 nitrogen and oxygen atoms in total. The van der Waals surface area contributed by atoms with Gasteiger partial charge in [-0.05, 0) is 55.3 Å². The number of ether oxygens (including phenoxy) is 3. The van der Waals surface area contributed by atoms with E-state index in [0.29, 0.717) is 23.9 Å². The van der Waals surface area contributed by atoms with E-state index < -0.39 is 16.0 Å². The van der Waals surface area contributed by atoms with Gasteiger partial charge < -0.3 is 14.2 Å². The van der Waals surface area contributed by atoms with Crippen LogP contribution in [0.25, 0.3) is 0 Å². The molecule has 1 heterocycles. The maximum Gasteiger partial charge on any atom is 0.338 e. The van der Waals surface area contributed by atoms with Crippen LogP contribution in [0.4, 0.5) is 0 Å². The third-order valence-corrected chi connectivity index (χ3v) is 6.65. The fraction of sp³-hybridized carbons (Fsp3) is 0.350. The van der Waals surface area contributed by atoms with Gasteiger partial charge in [0, 0.05) is 18.1 Å². The van der Waals surface area contributed by atoms with Crippen molar-refractivity contribution in [3.05, 3.63) is 53.1 Å². The summed E-state index contributed by atoms with van der Waals surface area (Å²) in [5.74, 6) is 0.165. The summed E-state index contributed by atoms with van der Waals surface area (Å²) >= 11 is 5.81. The smallest absolute Gasteiger partial charge is 0.338 e. The standard InChI is InChI=1S/C20H22ClNO6S/c1-26-18-9-4-15(14-19(18)29(24,25)22-10-2-3-11-22)20(23)28-13-12-27-17-7-5-16(21)6-8-17/h4-9,14H,2-3,10-13H2,1H3. The van der Waals surface area contributed by atoms with E-state index in [1.54, 1.807) is 24.3 Å². The molecule has 0 radical (unpaired) electrons. The zero-order chi connectivity index (χ0) is 20.9. The Hall–Kier alpha value is -2.29. The number of esters is 1. The minimum atomic E-state index is -3.74. The quantitative estimate of drug-likeness (QED) is 0.463. The summed E-state index contributed by atoms with van der Waals surface area (Å²) in [5.41, 5.74) is 0.134. The summed E-state index contributed by atoms with van der Waals surface area (Å²) in [4.78, 5) is 12.3. The summed E-state index contributed by atoms with van der Waals surface area (Å²) in [7, 11) is -2.34. The summed E-state index contributed by atoms with van der Waals surface area (Å²) in [6, 6.07) is 11.1. The molecule has 0 saturated carbocycles. The molecular weight excluding hydrogens is 418 g/mol. The second-order valence-corrected chi connectivity index (χ2v) is 8.76. The average molecular weight is 440 g/mol. The Labute approximate surface area is 175 Å². The van der Waals surface area contributed by atoms with E-state index in [1.807, 2.05) is 0 Å². The first-order valence-corrected chi connectivity index (χ1v) is 11.0. The van der Waals surface area contributed by atoms with Crippen molar-refractivity contribution in [3.63, 3.8) is 0 Å². The van der Waals surface area contributed by atoms with Crippen LogP contribution in [-0.4, -0.2) is 52.1 Å². The van der Waals surface area contributed by atoms with Gasteiger partial charge in [-0.25, -0.2) is 13.2 Å². The van der Waals surface area contributed by atoms with Crippen LogP contribution in [0.2, 0.25) is 5.02 Å². The Balaban J connectivity index is 1.65. The molecule has 1 aliphatic rings. The number of hydrogen-bond acceptors (Lipinski definition) is 6. The summed E-state index contributed by atoms with van der Waals surface area (Å²) in [6.45, 7) is 1.09. The molecule has 1 aliphatic heterocycles. The number of nitrogens with zero attached hydrogens (tertiary/aromatic N) is 1. The number of sulfonamides is 1. The highest BCUT2D eigenvalue weighted by molar-refractivity contribution is 7.89. The van der Waals surface area contributed by atoms with Crippen molar-refractivity contribution >= 4 is 27.6 Å². The van der Waals surface area contributed by atoms with Gasteiger partial charge in [0.15, 0.2) is 0 Å². The van der Waals surface area contributed by atoms with Gasteiger partial charge in [-0.1, -0.05) is 11.6 Å². The third-order valence-electron chi connectivity index (χ3n) is 4.48. The van der Waals surface area contributed by atoms with Crippen LogP contribution in [0.5, 0.6) is 11.5 Å². The highest BCUT2D eigenvalue weighted by atomic mass is 35.5. The largest absolute Gasteiger partial charge is 0.495 e. The molecule has 0 N–H and O–H groups in total. The van der Waals surface area contributed by atoms with Gasteiger partial charge in [0.05, 0.1) is 12.7 Å². The summed E-state index contributed by atoms with van der Waals surface area (Å²) in [6.07, 6.45) is 1.63. The van der Waals surface area contributed by atoms with Gasteiger partial charge in [-0.2, -0.15) is 4.31 Å². The normalized spacial score (nSPS) is 14.6. The fourth-order valence-electron chi connectivity index (χ4n) is 2.98. The predicted molar refractivity (Wildman–Crippen MR) is 108 cm³/mol. The summed E-state index contributed by atoms with van der Waals surface area (Å²) in [5, 5.41) is 0.600. The molecule has 3 rings (SSSR count). The van der Waals surface area contributed by atoms with Crippen LogP contribution in [0.1, 0.15) is 23.2 Å². The molecule has 0 unspecified atom stereocenters. The molecule has 29 heavy (non-hydrogen) atoms. The van der Waals surface area contributed by atoms with E-state index in [4.69, 9.17) is 25.8 Å². The number of methoxy groups -OCH3 is 1. The SMILES string of the molecule is COc1ccc(C(=O)OCCOc2ccc(Cl)cc2)cc1S(=O)(=O)N1CCCC1. The molecule has 0 aliphatic carbocycles. The lowest BCUT2D eigenvalue weighted by Gasteiger charge is -2.18. The highest BCUT2D eigenvalue weighted by Crippen LogP contribution is 2.30. The van der Waals surface area contributed by atoms with Crippen molar-refractivity contribution in [2.24, 2.45) is 0 Å². The average Bonchev–Trinajstić information content (AvgIpc) is 3.27. The molecule has 0 amide bonds. The second kappa shape index (κ2) is 9.47. The van der Waals surface area contributed by atoms with Crippen LogP contribution in [-0.2, 0) is 14.8 Å². The van der Waals surface area contributed by atoms with Gasteiger partial charge in [-0.15, -0.1) is 0 Å². The van der Waals surface area contributed by atoms with E-state index in [0.717, 1.165) is 12.8 Å². The molecule has 0 bridgehead atoms. The van der Waals surface area contributed by atoms with E-state index in [2.05, 4.69) is 0 Å². The molecule has 9 heteroatoms. The highest BCUT2D eigenvalue weighted by Gasteiger charge is 2.30. The molecule has 1 fully saturated rings. The molecule has 0 spiro atoms. The number of halogens is 1. The minimum Gasteiger partial charge on any atom is -0.495 e. The molecule has 1 saturated heterocycles. The third kappa shape index (κ3) is 5.20. The van der Waals surface area contributed by atoms with Gasteiger partial charge in [0.1, 0.15) is 29.6 Å². The zero-order valence-corrected chi connectivity index (χ0v) is 17.5. The lowest BCUT2D eigenvalue weighted by molar-refractivity contribution is 0.0450. The number of carbonyl (C=O) groups excluding carboxylic acids is 1. The summed E-state index contributed by atoms with van der Waals surface area (Å²) < 4.78 is 43.1. The first-order chi connectivity index (χ1) is 13.9. The van der Waals surface area contributed by atoms with Crippen molar-refractivity contribution in [3.8, 4) is 11.5 Å². The van der Waals surface area contributed by atoms with Crippen molar-refractivity contribution in [2.75, 3.05) is 33.4 Å². The maximum absolute atomic E-state index is 12.9. The molecule has 2 aromatic rings.